The first-order chi connectivity index (χ1) is 8.08. The van der Waals surface area contributed by atoms with Crippen molar-refractivity contribution in [1.29, 1.82) is 0 Å². The Balaban J connectivity index is 2.11. The molecule has 0 bridgehead atoms. The number of carbonyl (C=O) groups excluding carboxylic acids is 2. The van der Waals surface area contributed by atoms with Gasteiger partial charge in [-0.1, -0.05) is 0 Å². The van der Waals surface area contributed by atoms with E-state index in [2.05, 4.69) is 4.74 Å². The Morgan fingerprint density at radius 3 is 2.76 bits per heavy atom. The molecule has 6 heteroatoms. The summed E-state index contributed by atoms with van der Waals surface area (Å²) in [6.07, 6.45) is -0.459. The number of nitrogen functional groups attached to an aromatic ring is 2. The van der Waals surface area contributed by atoms with Crippen molar-refractivity contribution in [2.75, 3.05) is 18.1 Å². The normalized spacial score (nSPS) is 18.8. The third-order valence-electron chi connectivity index (χ3n) is 2.43. The van der Waals surface area contributed by atoms with Crippen LogP contribution in [0.2, 0.25) is 0 Å². The van der Waals surface area contributed by atoms with Crippen molar-refractivity contribution in [3.05, 3.63) is 23.8 Å². The van der Waals surface area contributed by atoms with E-state index in [-0.39, 0.29) is 17.9 Å². The van der Waals surface area contributed by atoms with Gasteiger partial charge < -0.3 is 20.9 Å². The molecule has 1 aromatic carbocycles. The standard InChI is InChI=1S/C11H12N2O4/c12-6-1-2-7(8(13)5-6)10(14)17-9-3-4-16-11(9)15/h1-2,5,9H,3-4,12-13H2. The van der Waals surface area contributed by atoms with Crippen molar-refractivity contribution < 1.29 is 19.1 Å². The second kappa shape index (κ2) is 4.32. The molecular weight excluding hydrogens is 224 g/mol. The SMILES string of the molecule is Nc1ccc(C(=O)OC2CCOC2=O)c(N)c1. The number of carbonyl (C=O) groups is 2. The Morgan fingerprint density at radius 1 is 1.41 bits per heavy atom. The zero-order chi connectivity index (χ0) is 12.4. The summed E-state index contributed by atoms with van der Waals surface area (Å²) in [6.45, 7) is 0.272. The summed E-state index contributed by atoms with van der Waals surface area (Å²) in [5.41, 5.74) is 12.0. The summed E-state index contributed by atoms with van der Waals surface area (Å²) in [4.78, 5) is 22.9. The van der Waals surface area contributed by atoms with Crippen LogP contribution >= 0.6 is 0 Å². The van der Waals surface area contributed by atoms with Crippen molar-refractivity contribution in [3.8, 4) is 0 Å². The molecule has 0 aliphatic carbocycles. The molecule has 2 rings (SSSR count). The van der Waals surface area contributed by atoms with Gasteiger partial charge in [-0.3, -0.25) is 0 Å². The number of rotatable bonds is 2. The van der Waals surface area contributed by atoms with Gasteiger partial charge in [0.2, 0.25) is 6.10 Å². The number of ether oxygens (including phenoxy) is 2. The van der Waals surface area contributed by atoms with Gasteiger partial charge in [-0.15, -0.1) is 0 Å². The maximum absolute atomic E-state index is 11.7. The fourth-order valence-corrected chi connectivity index (χ4v) is 1.54. The molecule has 0 amide bonds. The lowest BCUT2D eigenvalue weighted by Crippen LogP contribution is -2.23. The molecule has 17 heavy (non-hydrogen) atoms. The minimum atomic E-state index is -0.834. The minimum Gasteiger partial charge on any atom is -0.463 e. The molecule has 0 spiro atoms. The molecule has 1 aliphatic rings. The lowest BCUT2D eigenvalue weighted by atomic mass is 10.1. The van der Waals surface area contributed by atoms with Gasteiger partial charge in [0.25, 0.3) is 0 Å². The quantitative estimate of drug-likeness (QED) is 0.566. The second-order valence-corrected chi connectivity index (χ2v) is 3.70. The lowest BCUT2D eigenvalue weighted by Gasteiger charge is -2.10. The van der Waals surface area contributed by atoms with E-state index < -0.39 is 18.0 Å². The van der Waals surface area contributed by atoms with E-state index in [1.807, 2.05) is 0 Å². The van der Waals surface area contributed by atoms with Crippen LogP contribution in [-0.2, 0) is 14.3 Å². The van der Waals surface area contributed by atoms with Gasteiger partial charge in [0.05, 0.1) is 12.2 Å². The average Bonchev–Trinajstić information content (AvgIpc) is 2.64. The van der Waals surface area contributed by atoms with Gasteiger partial charge in [0.1, 0.15) is 0 Å². The average molecular weight is 236 g/mol. The van der Waals surface area contributed by atoms with Crippen LogP contribution in [0, 0.1) is 0 Å². The molecule has 1 fully saturated rings. The predicted octanol–water partition coefficient (Wildman–Crippen LogP) is 0.323. The molecule has 1 unspecified atom stereocenters. The van der Waals surface area contributed by atoms with Crippen LogP contribution in [0.15, 0.2) is 18.2 Å². The van der Waals surface area contributed by atoms with Crippen LogP contribution in [0.4, 0.5) is 11.4 Å². The molecule has 1 saturated heterocycles. The van der Waals surface area contributed by atoms with Gasteiger partial charge in [-0.25, -0.2) is 9.59 Å². The molecule has 1 aromatic rings. The number of esters is 2. The van der Waals surface area contributed by atoms with Gasteiger partial charge in [-0.2, -0.15) is 0 Å². The van der Waals surface area contributed by atoms with E-state index in [1.54, 1.807) is 6.07 Å². The number of hydrogen-bond donors (Lipinski definition) is 2. The van der Waals surface area contributed by atoms with E-state index in [4.69, 9.17) is 16.2 Å². The fourth-order valence-electron chi connectivity index (χ4n) is 1.54. The van der Waals surface area contributed by atoms with E-state index in [0.717, 1.165) is 0 Å². The summed E-state index contributed by atoms with van der Waals surface area (Å²) < 4.78 is 9.68. The molecule has 6 nitrogen and oxygen atoms in total. The van der Waals surface area contributed by atoms with Crippen LogP contribution < -0.4 is 11.5 Å². The van der Waals surface area contributed by atoms with Gasteiger partial charge >= 0.3 is 11.9 Å². The first kappa shape index (κ1) is 11.3. The van der Waals surface area contributed by atoms with E-state index >= 15 is 0 Å². The smallest absolute Gasteiger partial charge is 0.347 e. The van der Waals surface area contributed by atoms with Crippen molar-refractivity contribution in [3.63, 3.8) is 0 Å². The zero-order valence-corrected chi connectivity index (χ0v) is 9.01. The third-order valence-corrected chi connectivity index (χ3v) is 2.43. The highest BCUT2D eigenvalue weighted by Crippen LogP contribution is 2.19. The van der Waals surface area contributed by atoms with Gasteiger partial charge in [0, 0.05) is 17.8 Å². The molecule has 1 atom stereocenters. The van der Waals surface area contributed by atoms with Gasteiger partial charge in [0.15, 0.2) is 0 Å². The molecular formula is C11H12N2O4. The van der Waals surface area contributed by atoms with E-state index in [0.29, 0.717) is 12.1 Å². The summed E-state index contributed by atoms with van der Waals surface area (Å²) in [5.74, 6) is -1.17. The van der Waals surface area contributed by atoms with Crippen LogP contribution in [0.1, 0.15) is 16.8 Å². The Bertz CT molecular complexity index is 473. The molecule has 0 saturated carbocycles. The molecule has 4 N–H and O–H groups in total. The van der Waals surface area contributed by atoms with Crippen molar-refractivity contribution in [2.45, 2.75) is 12.5 Å². The second-order valence-electron chi connectivity index (χ2n) is 3.70. The van der Waals surface area contributed by atoms with Crippen LogP contribution in [0.3, 0.4) is 0 Å². The first-order valence-electron chi connectivity index (χ1n) is 5.10. The first-order valence-corrected chi connectivity index (χ1v) is 5.10. The minimum absolute atomic E-state index is 0.193. The van der Waals surface area contributed by atoms with Crippen LogP contribution in [-0.4, -0.2) is 24.6 Å². The highest BCUT2D eigenvalue weighted by molar-refractivity contribution is 5.97. The lowest BCUT2D eigenvalue weighted by molar-refractivity contribution is -0.145. The molecule has 0 radical (unpaired) electrons. The highest BCUT2D eigenvalue weighted by Gasteiger charge is 2.30. The van der Waals surface area contributed by atoms with E-state index in [1.165, 1.54) is 12.1 Å². The maximum Gasteiger partial charge on any atom is 0.347 e. The zero-order valence-electron chi connectivity index (χ0n) is 9.01. The number of hydrogen-bond acceptors (Lipinski definition) is 6. The number of nitrogens with two attached hydrogens (primary N) is 2. The Labute approximate surface area is 97.5 Å². The Morgan fingerprint density at radius 2 is 2.18 bits per heavy atom. The van der Waals surface area contributed by atoms with Crippen molar-refractivity contribution in [1.82, 2.24) is 0 Å². The third kappa shape index (κ3) is 2.30. The molecule has 1 heterocycles. The summed E-state index contributed by atoms with van der Waals surface area (Å²) in [5, 5.41) is 0. The van der Waals surface area contributed by atoms with Crippen molar-refractivity contribution >= 4 is 23.3 Å². The number of benzene rings is 1. The number of cyclic esters (lactones) is 1. The fraction of sp³-hybridized carbons (Fsp3) is 0.273. The molecule has 1 aliphatic heterocycles. The maximum atomic E-state index is 11.7. The van der Waals surface area contributed by atoms with Crippen LogP contribution in [0.25, 0.3) is 0 Å². The summed E-state index contributed by atoms with van der Waals surface area (Å²) in [6, 6.07) is 4.47. The summed E-state index contributed by atoms with van der Waals surface area (Å²) in [7, 11) is 0. The predicted molar refractivity (Wildman–Crippen MR) is 60.0 cm³/mol. The van der Waals surface area contributed by atoms with Crippen LogP contribution in [0.5, 0.6) is 0 Å². The summed E-state index contributed by atoms with van der Waals surface area (Å²) >= 11 is 0. The van der Waals surface area contributed by atoms with Crippen molar-refractivity contribution in [2.24, 2.45) is 0 Å². The molecule has 90 valence electrons. The van der Waals surface area contributed by atoms with Gasteiger partial charge in [-0.05, 0) is 18.2 Å². The highest BCUT2D eigenvalue weighted by atomic mass is 16.6. The Kier molecular flexibility index (Phi) is 2.86. The monoisotopic (exact) mass is 236 g/mol. The Hall–Kier alpha value is -2.24. The van der Waals surface area contributed by atoms with E-state index in [9.17, 15) is 9.59 Å². The molecule has 0 aromatic heterocycles. The number of anilines is 2. The topological polar surface area (TPSA) is 105 Å². The largest absolute Gasteiger partial charge is 0.463 e.